The molecule has 0 saturated heterocycles. The van der Waals surface area contributed by atoms with Gasteiger partial charge in [-0.25, -0.2) is 0 Å². The summed E-state index contributed by atoms with van der Waals surface area (Å²) in [7, 11) is -9.51. The third kappa shape index (κ3) is 6.84. The molecule has 8 N–H and O–H groups in total. The van der Waals surface area contributed by atoms with Gasteiger partial charge in [-0.2, -0.15) is 16.8 Å². The van der Waals surface area contributed by atoms with E-state index in [0.717, 1.165) is 29.8 Å². The van der Waals surface area contributed by atoms with Gasteiger partial charge < -0.3 is 26.2 Å². The first kappa shape index (κ1) is 34.0. The minimum atomic E-state index is -4.75. The number of aromatic hydroxyl groups is 4. The fraction of sp³-hybridized carbons (Fsp3) is 0.167. The molecule has 0 unspecified atom stereocenters. The van der Waals surface area contributed by atoms with Crippen LogP contribution in [0.3, 0.4) is 0 Å². The van der Waals surface area contributed by atoms with E-state index in [0.29, 0.717) is 23.2 Å². The second-order valence-corrected chi connectivity index (χ2v) is 15.2. The van der Waals surface area contributed by atoms with Crippen molar-refractivity contribution in [2.45, 2.75) is 48.9 Å². The Morgan fingerprint density at radius 2 is 0.816 bits per heavy atom. The monoisotopic (exact) mass is 703 g/mol. The Morgan fingerprint density at radius 3 is 1.12 bits per heavy atom. The summed E-state index contributed by atoms with van der Waals surface area (Å²) < 4.78 is 69.6. The van der Waals surface area contributed by atoms with Crippen molar-refractivity contribution < 1.29 is 46.4 Å². The molecule has 0 atom stereocenters. The molecule has 1 aliphatic carbocycles. The largest absolute Gasteiger partial charge is 0.507 e. The topological polar surface area (TPSA) is 216 Å². The number of nitrogens with two attached hydrogens (primary N) is 1. The molecule has 0 saturated carbocycles. The first-order valence-electron chi connectivity index (χ1n) is 15.1. The predicted octanol–water partition coefficient (Wildman–Crippen LogP) is 5.11. The minimum absolute atomic E-state index is 0.0555. The highest BCUT2D eigenvalue weighted by molar-refractivity contribution is 7.86. The second kappa shape index (κ2) is 12.5. The fourth-order valence-corrected chi connectivity index (χ4v) is 7.51. The summed E-state index contributed by atoms with van der Waals surface area (Å²) in [5.41, 5.74) is 9.88. The smallest absolute Gasteiger partial charge is 0.294 e. The molecule has 13 heteroatoms. The Hall–Kier alpha value is -4.92. The quantitative estimate of drug-likeness (QED) is 0.120. The van der Waals surface area contributed by atoms with Crippen molar-refractivity contribution in [3.63, 3.8) is 0 Å². The van der Waals surface area contributed by atoms with Gasteiger partial charge in [0.25, 0.3) is 20.2 Å². The standard InChI is InChI=1S/C36H33NO10S2/c1-19-6-23-10-27-14-31(48(42,43)44)16-29(35(27)40)12-25-8-22(21-4-2-20(18-37)3-5-21)9-26(34(25)39)13-30-17-32(49(45,46)47)15-28(36(30)41)11-24(7-19)33(23)38/h2-9,14-17,38-41H,10-13,18,37H2,1H3,(H,42,43,44)(H,45,46,47). The van der Waals surface area contributed by atoms with Crippen LogP contribution in [0.4, 0.5) is 0 Å². The van der Waals surface area contributed by atoms with Crippen LogP contribution < -0.4 is 5.73 Å². The summed E-state index contributed by atoms with van der Waals surface area (Å²) in [6.45, 7) is 2.05. The molecule has 0 fully saturated rings. The molecule has 11 nitrogen and oxygen atoms in total. The zero-order chi connectivity index (χ0) is 35.4. The van der Waals surface area contributed by atoms with Gasteiger partial charge >= 0.3 is 0 Å². The highest BCUT2D eigenvalue weighted by Gasteiger charge is 2.24. The molecule has 5 aromatic carbocycles. The maximum atomic E-state index is 12.4. The summed E-state index contributed by atoms with van der Waals surface area (Å²) in [4.78, 5) is -0.982. The van der Waals surface area contributed by atoms with Crippen molar-refractivity contribution in [2.75, 3.05) is 0 Å². The molecule has 0 aromatic heterocycles. The summed E-state index contributed by atoms with van der Waals surface area (Å²) in [5.74, 6) is -1.13. The van der Waals surface area contributed by atoms with Gasteiger partial charge in [-0.15, -0.1) is 0 Å². The number of aryl methyl sites for hydroxylation is 1. The van der Waals surface area contributed by atoms with E-state index in [9.17, 15) is 46.4 Å². The first-order valence-corrected chi connectivity index (χ1v) is 18.0. The average molecular weight is 704 g/mol. The lowest BCUT2D eigenvalue weighted by Crippen LogP contribution is -2.06. The Balaban J connectivity index is 1.67. The summed E-state index contributed by atoms with van der Waals surface area (Å²) in [5, 5.41) is 46.0. The van der Waals surface area contributed by atoms with Gasteiger partial charge in [0.1, 0.15) is 23.0 Å². The van der Waals surface area contributed by atoms with Crippen LogP contribution in [-0.2, 0) is 52.5 Å². The van der Waals surface area contributed by atoms with E-state index >= 15 is 0 Å². The van der Waals surface area contributed by atoms with Crippen LogP contribution >= 0.6 is 0 Å². The van der Waals surface area contributed by atoms with Gasteiger partial charge in [0.15, 0.2) is 0 Å². The van der Waals surface area contributed by atoms with E-state index in [1.54, 1.807) is 31.2 Å². The van der Waals surface area contributed by atoms with Gasteiger partial charge in [-0.1, -0.05) is 42.0 Å². The highest BCUT2D eigenvalue weighted by atomic mass is 32.2. The maximum absolute atomic E-state index is 12.4. The Labute approximate surface area is 283 Å². The Bertz CT molecular complexity index is 2230. The number of fused-ring (bicyclic) bond motifs is 8. The van der Waals surface area contributed by atoms with Gasteiger partial charge in [0.05, 0.1) is 9.79 Å². The third-order valence-electron chi connectivity index (χ3n) is 8.80. The average Bonchev–Trinajstić information content (AvgIpc) is 3.03. The molecular formula is C36H33NO10S2. The van der Waals surface area contributed by atoms with E-state index in [2.05, 4.69) is 0 Å². The molecule has 0 aliphatic heterocycles. The zero-order valence-corrected chi connectivity index (χ0v) is 27.8. The summed E-state index contributed by atoms with van der Waals surface area (Å²) in [6.07, 6.45) is -0.808. The van der Waals surface area contributed by atoms with Gasteiger partial charge in [-0.05, 0) is 82.3 Å². The van der Waals surface area contributed by atoms with Crippen LogP contribution in [0.15, 0.2) is 82.6 Å². The fourth-order valence-electron chi connectivity index (χ4n) is 6.35. The molecule has 254 valence electrons. The van der Waals surface area contributed by atoms with E-state index in [1.165, 1.54) is 0 Å². The molecule has 8 bridgehead atoms. The summed E-state index contributed by atoms with van der Waals surface area (Å²) >= 11 is 0. The molecule has 0 radical (unpaired) electrons. The lowest BCUT2D eigenvalue weighted by Gasteiger charge is -2.19. The first-order chi connectivity index (χ1) is 23.0. The van der Waals surface area contributed by atoms with Crippen molar-refractivity contribution in [2.24, 2.45) is 5.73 Å². The van der Waals surface area contributed by atoms with Crippen LogP contribution in [0.5, 0.6) is 23.0 Å². The zero-order valence-electron chi connectivity index (χ0n) is 26.2. The van der Waals surface area contributed by atoms with Crippen molar-refractivity contribution in [3.8, 4) is 34.1 Å². The SMILES string of the molecule is Cc1cc2c(O)c(c1)Cc1cc(S(=O)(=O)O)cc(c1O)Cc1cc(-c3ccc(CN)cc3)cc(c1O)Cc1cc(S(=O)(=O)O)cc(c1O)C2. The number of hydrogen-bond donors (Lipinski definition) is 7. The van der Waals surface area contributed by atoms with E-state index in [1.807, 2.05) is 24.3 Å². The van der Waals surface area contributed by atoms with Gasteiger partial charge in [0.2, 0.25) is 0 Å². The number of phenols is 4. The molecule has 0 heterocycles. The third-order valence-corrected chi connectivity index (χ3v) is 10.5. The maximum Gasteiger partial charge on any atom is 0.294 e. The predicted molar refractivity (Wildman–Crippen MR) is 181 cm³/mol. The van der Waals surface area contributed by atoms with Crippen LogP contribution in [0, 0.1) is 6.92 Å². The molecule has 6 rings (SSSR count). The highest BCUT2D eigenvalue weighted by Crippen LogP contribution is 2.41. The number of rotatable bonds is 4. The van der Waals surface area contributed by atoms with Crippen molar-refractivity contribution in [1.82, 2.24) is 0 Å². The van der Waals surface area contributed by atoms with E-state index < -0.39 is 30.0 Å². The Morgan fingerprint density at radius 1 is 0.510 bits per heavy atom. The lowest BCUT2D eigenvalue weighted by atomic mass is 9.89. The molecule has 5 aromatic rings. The van der Waals surface area contributed by atoms with Crippen LogP contribution in [0.2, 0.25) is 0 Å². The van der Waals surface area contributed by atoms with Crippen molar-refractivity contribution in [1.29, 1.82) is 0 Å². The number of hydrogen-bond acceptors (Lipinski definition) is 9. The molecule has 0 amide bonds. The second-order valence-electron chi connectivity index (χ2n) is 12.3. The van der Waals surface area contributed by atoms with Crippen LogP contribution in [0.25, 0.3) is 11.1 Å². The normalized spacial score (nSPS) is 13.3. The van der Waals surface area contributed by atoms with Gasteiger partial charge in [0, 0.05) is 54.5 Å². The van der Waals surface area contributed by atoms with Crippen molar-refractivity contribution >= 4 is 20.2 Å². The van der Waals surface area contributed by atoms with Crippen LogP contribution in [0.1, 0.15) is 55.6 Å². The molecule has 0 spiro atoms. The Kier molecular flexibility index (Phi) is 8.67. The minimum Gasteiger partial charge on any atom is -0.507 e. The summed E-state index contributed by atoms with van der Waals surface area (Å²) in [6, 6.07) is 18.3. The molecular weight excluding hydrogens is 671 g/mol. The van der Waals surface area contributed by atoms with Crippen LogP contribution in [-0.4, -0.2) is 46.4 Å². The lowest BCUT2D eigenvalue weighted by molar-refractivity contribution is 0.449. The molecule has 49 heavy (non-hydrogen) atoms. The van der Waals surface area contributed by atoms with Crippen molar-refractivity contribution in [3.05, 3.63) is 128 Å². The number of benzene rings is 5. The molecule has 1 aliphatic rings. The van der Waals surface area contributed by atoms with Gasteiger partial charge in [-0.3, -0.25) is 9.11 Å². The van der Waals surface area contributed by atoms with E-state index in [-0.39, 0.29) is 93.2 Å². The number of phenolic OH excluding ortho intramolecular Hbond substituents is 4. The van der Waals surface area contributed by atoms with E-state index in [4.69, 9.17) is 5.73 Å².